The Hall–Kier alpha value is -4.20. The minimum atomic E-state index is -4.03. The molecular weight excluding hydrogens is 472 g/mol. The summed E-state index contributed by atoms with van der Waals surface area (Å²) in [5.41, 5.74) is 2.27. The summed E-state index contributed by atoms with van der Waals surface area (Å²) in [5.74, 6) is -0.477. The zero-order valence-electron chi connectivity index (χ0n) is 19.0. The van der Waals surface area contributed by atoms with Crippen LogP contribution in [-0.4, -0.2) is 29.7 Å². The lowest BCUT2D eigenvalue weighted by Crippen LogP contribution is -2.32. The number of allylic oxidation sites excluding steroid dienone is 4. The first-order valence-corrected chi connectivity index (χ1v) is 13.0. The number of nitrogens with zero attached hydrogens (tertiary/aromatic N) is 1. The smallest absolute Gasteiger partial charge is 0.264 e. The molecule has 0 radical (unpaired) electrons. The maximum absolute atomic E-state index is 13.6. The first kappa shape index (κ1) is 22.3. The number of hydrogen-bond donors (Lipinski definition) is 3. The summed E-state index contributed by atoms with van der Waals surface area (Å²) in [6.45, 7) is 0. The number of aliphatic hydroxyl groups is 1. The molecule has 4 aromatic rings. The van der Waals surface area contributed by atoms with Crippen LogP contribution in [0.15, 0.2) is 119 Å². The summed E-state index contributed by atoms with van der Waals surface area (Å²) in [4.78, 5) is 4.36. The van der Waals surface area contributed by atoms with Crippen molar-refractivity contribution in [3.8, 4) is 5.75 Å². The van der Waals surface area contributed by atoms with Crippen LogP contribution in [-0.2, 0) is 10.0 Å². The van der Waals surface area contributed by atoms with Crippen LogP contribution in [0.5, 0.6) is 5.75 Å². The second kappa shape index (κ2) is 8.48. The number of rotatable bonds is 4. The van der Waals surface area contributed by atoms with Crippen LogP contribution < -0.4 is 4.72 Å². The van der Waals surface area contributed by atoms with Crippen LogP contribution in [0.25, 0.3) is 27.2 Å². The zero-order valence-corrected chi connectivity index (χ0v) is 19.9. The number of nitrogens with one attached hydrogen (secondary N) is 1. The number of hydrogen-bond acceptors (Lipinski definition) is 5. The van der Waals surface area contributed by atoms with E-state index >= 15 is 0 Å². The Kier molecular flexibility index (Phi) is 5.25. The second-order valence-electron chi connectivity index (χ2n) is 8.80. The fraction of sp³-hybridized carbons (Fsp3) is 0.0690. The van der Waals surface area contributed by atoms with Gasteiger partial charge in [0, 0.05) is 23.1 Å². The fourth-order valence-corrected chi connectivity index (χ4v) is 6.24. The molecule has 0 fully saturated rings. The normalized spacial score (nSPS) is 19.4. The number of aromatic nitrogens is 1. The molecule has 1 heterocycles. The van der Waals surface area contributed by atoms with Crippen molar-refractivity contribution >= 4 is 37.3 Å². The van der Waals surface area contributed by atoms with Crippen molar-refractivity contribution in [3.05, 3.63) is 120 Å². The van der Waals surface area contributed by atoms with E-state index in [1.807, 2.05) is 54.6 Å². The SMILES string of the molecule is O=S(=O)(NC1=C2C=CC=CC2C(O)C(c2c(O)ccc3ccccc23)=C1)c1cccc2cccnc12. The minimum absolute atomic E-state index is 0.0123. The molecule has 6 rings (SSSR count). The molecule has 2 unspecified atom stereocenters. The van der Waals surface area contributed by atoms with Crippen molar-refractivity contribution in [1.82, 2.24) is 9.71 Å². The molecule has 0 bridgehead atoms. The van der Waals surface area contributed by atoms with Crippen LogP contribution in [0.1, 0.15) is 5.56 Å². The highest BCUT2D eigenvalue weighted by molar-refractivity contribution is 7.89. The summed E-state index contributed by atoms with van der Waals surface area (Å²) in [6.07, 6.45) is 9.46. The molecule has 1 aromatic heterocycles. The van der Waals surface area contributed by atoms with Crippen molar-refractivity contribution < 1.29 is 18.6 Å². The molecule has 3 N–H and O–H groups in total. The highest BCUT2D eigenvalue weighted by Gasteiger charge is 2.34. The first-order valence-electron chi connectivity index (χ1n) is 11.5. The van der Waals surface area contributed by atoms with Gasteiger partial charge < -0.3 is 10.2 Å². The number of pyridine rings is 1. The second-order valence-corrected chi connectivity index (χ2v) is 10.5. The average Bonchev–Trinajstić information content (AvgIpc) is 2.90. The highest BCUT2D eigenvalue weighted by Crippen LogP contribution is 2.43. The monoisotopic (exact) mass is 494 g/mol. The molecular formula is C29H22N2O4S. The summed E-state index contributed by atoms with van der Waals surface area (Å²) in [6, 6.07) is 19.6. The zero-order chi connectivity index (χ0) is 24.9. The molecule has 2 aliphatic rings. The largest absolute Gasteiger partial charge is 0.507 e. The van der Waals surface area contributed by atoms with Gasteiger partial charge in [0.15, 0.2) is 0 Å². The molecule has 0 saturated heterocycles. The molecule has 3 aromatic carbocycles. The van der Waals surface area contributed by atoms with Gasteiger partial charge in [0.05, 0.1) is 17.3 Å². The number of phenolic OH excluding ortho intramolecular Hbond substituents is 1. The topological polar surface area (TPSA) is 99.5 Å². The van der Waals surface area contributed by atoms with Crippen LogP contribution >= 0.6 is 0 Å². The van der Waals surface area contributed by atoms with E-state index in [4.69, 9.17) is 0 Å². The van der Waals surface area contributed by atoms with E-state index in [2.05, 4.69) is 9.71 Å². The number of benzene rings is 3. The van der Waals surface area contributed by atoms with Crippen LogP contribution in [0, 0.1) is 5.92 Å². The Morgan fingerprint density at radius 2 is 1.69 bits per heavy atom. The Morgan fingerprint density at radius 3 is 2.58 bits per heavy atom. The standard InChI is InChI=1S/C29H22N2O4S/c32-25-15-14-18-7-1-2-10-20(18)27(25)23-17-24(21-11-3-4-12-22(21)29(23)33)31-36(34,35)26-13-5-8-19-9-6-16-30-28(19)26/h1-17,22,29,31-33H. The van der Waals surface area contributed by atoms with Crippen molar-refractivity contribution in [1.29, 1.82) is 0 Å². The minimum Gasteiger partial charge on any atom is -0.507 e. The van der Waals surface area contributed by atoms with Gasteiger partial charge in [-0.3, -0.25) is 9.71 Å². The number of aromatic hydroxyl groups is 1. The third-order valence-electron chi connectivity index (χ3n) is 6.66. The van der Waals surface area contributed by atoms with E-state index in [9.17, 15) is 18.6 Å². The number of aliphatic hydroxyl groups excluding tert-OH is 1. The van der Waals surface area contributed by atoms with Gasteiger partial charge in [0.25, 0.3) is 10.0 Å². The molecule has 0 aliphatic heterocycles. The summed E-state index contributed by atoms with van der Waals surface area (Å²) in [5, 5.41) is 24.6. The van der Waals surface area contributed by atoms with E-state index in [-0.39, 0.29) is 10.6 Å². The number of para-hydroxylation sites is 1. The third kappa shape index (κ3) is 3.61. The van der Waals surface area contributed by atoms with Crippen LogP contribution in [0.2, 0.25) is 0 Å². The van der Waals surface area contributed by atoms with Crippen molar-refractivity contribution in [2.24, 2.45) is 5.92 Å². The molecule has 2 atom stereocenters. The van der Waals surface area contributed by atoms with E-state index in [1.54, 1.807) is 42.6 Å². The van der Waals surface area contributed by atoms with Crippen molar-refractivity contribution in [2.75, 3.05) is 0 Å². The quantitative estimate of drug-likeness (QED) is 0.378. The predicted octanol–water partition coefficient (Wildman–Crippen LogP) is 4.83. The van der Waals surface area contributed by atoms with E-state index < -0.39 is 22.0 Å². The Bertz CT molecular complexity index is 1760. The molecule has 0 amide bonds. The Labute approximate surface area is 208 Å². The first-order chi connectivity index (χ1) is 17.4. The molecule has 0 spiro atoms. The lowest BCUT2D eigenvalue weighted by molar-refractivity contribution is 0.200. The predicted molar refractivity (Wildman–Crippen MR) is 140 cm³/mol. The summed E-state index contributed by atoms with van der Waals surface area (Å²) in [7, 11) is -4.03. The Balaban J connectivity index is 1.53. The van der Waals surface area contributed by atoms with Gasteiger partial charge in [-0.2, -0.15) is 0 Å². The maximum atomic E-state index is 13.6. The van der Waals surface area contributed by atoms with E-state index in [1.165, 1.54) is 6.07 Å². The van der Waals surface area contributed by atoms with Crippen molar-refractivity contribution in [2.45, 2.75) is 11.0 Å². The maximum Gasteiger partial charge on any atom is 0.264 e. The molecule has 6 nitrogen and oxygen atoms in total. The lowest BCUT2D eigenvalue weighted by Gasteiger charge is -2.32. The number of fused-ring (bicyclic) bond motifs is 3. The van der Waals surface area contributed by atoms with Gasteiger partial charge in [-0.05, 0) is 46.2 Å². The fourth-order valence-electron chi connectivity index (χ4n) is 4.98. The molecule has 178 valence electrons. The van der Waals surface area contributed by atoms with E-state index in [0.717, 1.165) is 10.8 Å². The number of phenols is 1. The van der Waals surface area contributed by atoms with Gasteiger partial charge in [-0.25, -0.2) is 8.42 Å². The lowest BCUT2D eigenvalue weighted by atomic mass is 9.77. The van der Waals surface area contributed by atoms with E-state index in [0.29, 0.717) is 33.3 Å². The van der Waals surface area contributed by atoms with Gasteiger partial charge >= 0.3 is 0 Å². The van der Waals surface area contributed by atoms with Gasteiger partial charge in [-0.1, -0.05) is 72.8 Å². The van der Waals surface area contributed by atoms with Gasteiger partial charge in [0.2, 0.25) is 0 Å². The molecule has 7 heteroatoms. The molecule has 36 heavy (non-hydrogen) atoms. The summed E-state index contributed by atoms with van der Waals surface area (Å²) >= 11 is 0. The average molecular weight is 495 g/mol. The van der Waals surface area contributed by atoms with Gasteiger partial charge in [0.1, 0.15) is 10.6 Å². The highest BCUT2D eigenvalue weighted by atomic mass is 32.2. The Morgan fingerprint density at radius 1 is 0.889 bits per heavy atom. The molecule has 2 aliphatic carbocycles. The van der Waals surface area contributed by atoms with Crippen LogP contribution in [0.4, 0.5) is 0 Å². The van der Waals surface area contributed by atoms with Crippen molar-refractivity contribution in [3.63, 3.8) is 0 Å². The summed E-state index contributed by atoms with van der Waals surface area (Å²) < 4.78 is 30.0. The number of sulfonamides is 1. The molecule has 0 saturated carbocycles. The van der Waals surface area contributed by atoms with Gasteiger partial charge in [-0.15, -0.1) is 0 Å². The third-order valence-corrected chi connectivity index (χ3v) is 8.06. The van der Waals surface area contributed by atoms with Crippen LogP contribution in [0.3, 0.4) is 0 Å².